The van der Waals surface area contributed by atoms with E-state index in [4.69, 9.17) is 4.98 Å². The average Bonchev–Trinajstić information content (AvgIpc) is 3.17. The summed E-state index contributed by atoms with van der Waals surface area (Å²) in [6.45, 7) is 7.68. The van der Waals surface area contributed by atoms with Gasteiger partial charge in [0.1, 0.15) is 11.2 Å². The van der Waals surface area contributed by atoms with Crippen LogP contribution in [0.2, 0.25) is 0 Å². The molecule has 0 amide bonds. The number of nitrogens with one attached hydrogen (secondary N) is 2. The molecule has 148 valence electrons. The standard InChI is InChI=1S/C20H26FN7/c1-19(2,3)28-11-14(10-26-28)15-9-16-17(24-8-7-23-16)18(27-15)25-13-20(21)5-4-6-22-12-20/h7-11,22H,4-6,12-13H2,1-3H3,(H,25,27)/t20-/m1/s1. The van der Waals surface area contributed by atoms with Crippen LogP contribution in [0.5, 0.6) is 0 Å². The lowest BCUT2D eigenvalue weighted by Crippen LogP contribution is -2.46. The highest BCUT2D eigenvalue weighted by Gasteiger charge is 2.31. The van der Waals surface area contributed by atoms with Crippen LogP contribution < -0.4 is 10.6 Å². The number of hydrogen-bond donors (Lipinski definition) is 2. The first-order valence-electron chi connectivity index (χ1n) is 9.65. The van der Waals surface area contributed by atoms with Gasteiger partial charge in [0.15, 0.2) is 5.82 Å². The van der Waals surface area contributed by atoms with Gasteiger partial charge >= 0.3 is 0 Å². The number of nitrogens with zero attached hydrogens (tertiary/aromatic N) is 5. The minimum Gasteiger partial charge on any atom is -0.365 e. The Morgan fingerprint density at radius 1 is 1.29 bits per heavy atom. The van der Waals surface area contributed by atoms with Crippen molar-refractivity contribution in [2.75, 3.05) is 25.0 Å². The molecule has 1 atom stereocenters. The van der Waals surface area contributed by atoms with E-state index in [-0.39, 0.29) is 12.1 Å². The summed E-state index contributed by atoms with van der Waals surface area (Å²) in [7, 11) is 0. The van der Waals surface area contributed by atoms with E-state index in [2.05, 4.69) is 46.5 Å². The summed E-state index contributed by atoms with van der Waals surface area (Å²) in [6, 6.07) is 1.89. The van der Waals surface area contributed by atoms with Crippen molar-refractivity contribution in [2.24, 2.45) is 0 Å². The van der Waals surface area contributed by atoms with Crippen LogP contribution in [0.15, 0.2) is 30.9 Å². The Morgan fingerprint density at radius 3 is 2.82 bits per heavy atom. The molecule has 1 fully saturated rings. The fourth-order valence-corrected chi connectivity index (χ4v) is 3.39. The molecule has 1 aliphatic rings. The van der Waals surface area contributed by atoms with Gasteiger partial charge < -0.3 is 10.6 Å². The third kappa shape index (κ3) is 3.82. The van der Waals surface area contributed by atoms with Crippen molar-refractivity contribution in [2.45, 2.75) is 44.8 Å². The van der Waals surface area contributed by atoms with Crippen LogP contribution in [0.25, 0.3) is 22.3 Å². The number of anilines is 1. The van der Waals surface area contributed by atoms with Gasteiger partial charge in [0.25, 0.3) is 0 Å². The Balaban J connectivity index is 1.68. The van der Waals surface area contributed by atoms with E-state index in [9.17, 15) is 0 Å². The largest absolute Gasteiger partial charge is 0.365 e. The maximum atomic E-state index is 15.0. The molecular weight excluding hydrogens is 357 g/mol. The molecule has 0 bridgehead atoms. The number of aromatic nitrogens is 5. The molecule has 0 unspecified atom stereocenters. The predicted octanol–water partition coefficient (Wildman–Crippen LogP) is 3.15. The summed E-state index contributed by atoms with van der Waals surface area (Å²) in [5, 5.41) is 10.8. The summed E-state index contributed by atoms with van der Waals surface area (Å²) >= 11 is 0. The van der Waals surface area contributed by atoms with Crippen molar-refractivity contribution in [1.29, 1.82) is 0 Å². The Morgan fingerprint density at radius 2 is 2.11 bits per heavy atom. The van der Waals surface area contributed by atoms with Gasteiger partial charge in [-0.3, -0.25) is 9.67 Å². The Kier molecular flexibility index (Phi) is 4.74. The zero-order valence-electron chi connectivity index (χ0n) is 16.5. The second-order valence-electron chi connectivity index (χ2n) is 8.41. The smallest absolute Gasteiger partial charge is 0.155 e. The minimum absolute atomic E-state index is 0.120. The molecule has 3 aromatic heterocycles. The lowest BCUT2D eigenvalue weighted by Gasteiger charge is -2.30. The maximum absolute atomic E-state index is 15.0. The molecule has 8 heteroatoms. The SMILES string of the molecule is CC(C)(C)n1cc(-c2cc3nccnc3c(NC[C@@]3(F)CCCNC3)n2)cn1. The quantitative estimate of drug-likeness (QED) is 0.720. The summed E-state index contributed by atoms with van der Waals surface area (Å²) < 4.78 is 16.9. The molecule has 4 heterocycles. The van der Waals surface area contributed by atoms with Crippen molar-refractivity contribution in [3.8, 4) is 11.3 Å². The molecule has 0 aliphatic carbocycles. The first kappa shape index (κ1) is 18.7. The van der Waals surface area contributed by atoms with E-state index in [0.717, 1.165) is 24.2 Å². The summed E-state index contributed by atoms with van der Waals surface area (Å²) in [4.78, 5) is 13.5. The highest BCUT2D eigenvalue weighted by Crippen LogP contribution is 2.28. The third-order valence-electron chi connectivity index (χ3n) is 5.02. The van der Waals surface area contributed by atoms with Gasteiger partial charge in [-0.15, -0.1) is 0 Å². The third-order valence-corrected chi connectivity index (χ3v) is 5.02. The van der Waals surface area contributed by atoms with E-state index >= 15 is 4.39 Å². The number of fused-ring (bicyclic) bond motifs is 1. The fraction of sp³-hybridized carbons (Fsp3) is 0.500. The zero-order valence-corrected chi connectivity index (χ0v) is 16.5. The van der Waals surface area contributed by atoms with Gasteiger partial charge in [-0.1, -0.05) is 0 Å². The Hall–Kier alpha value is -2.61. The number of rotatable bonds is 4. The van der Waals surface area contributed by atoms with Gasteiger partial charge in [-0.25, -0.2) is 14.4 Å². The summed E-state index contributed by atoms with van der Waals surface area (Å²) in [6.07, 6.45) is 8.40. The first-order valence-corrected chi connectivity index (χ1v) is 9.65. The molecule has 7 nitrogen and oxygen atoms in total. The predicted molar refractivity (Wildman–Crippen MR) is 108 cm³/mol. The second-order valence-corrected chi connectivity index (χ2v) is 8.41. The molecule has 0 saturated carbocycles. The lowest BCUT2D eigenvalue weighted by atomic mass is 9.96. The topological polar surface area (TPSA) is 80.5 Å². The van der Waals surface area contributed by atoms with Crippen molar-refractivity contribution < 1.29 is 4.39 Å². The van der Waals surface area contributed by atoms with Crippen LogP contribution >= 0.6 is 0 Å². The molecule has 1 aliphatic heterocycles. The van der Waals surface area contributed by atoms with Crippen molar-refractivity contribution in [1.82, 2.24) is 30.0 Å². The minimum atomic E-state index is -1.29. The molecule has 2 N–H and O–H groups in total. The summed E-state index contributed by atoms with van der Waals surface area (Å²) in [5.74, 6) is 0.548. The number of pyridine rings is 1. The van der Waals surface area contributed by atoms with Crippen LogP contribution in [0.3, 0.4) is 0 Å². The molecule has 28 heavy (non-hydrogen) atoms. The van der Waals surface area contributed by atoms with Gasteiger partial charge in [-0.2, -0.15) is 5.10 Å². The highest BCUT2D eigenvalue weighted by atomic mass is 19.1. The Bertz CT molecular complexity index is 970. The monoisotopic (exact) mass is 383 g/mol. The molecule has 0 spiro atoms. The molecule has 4 rings (SSSR count). The van der Waals surface area contributed by atoms with Crippen LogP contribution in [-0.4, -0.2) is 50.0 Å². The van der Waals surface area contributed by atoms with E-state index in [0.29, 0.717) is 29.8 Å². The van der Waals surface area contributed by atoms with Crippen LogP contribution in [0.4, 0.5) is 10.2 Å². The van der Waals surface area contributed by atoms with Crippen molar-refractivity contribution >= 4 is 16.9 Å². The van der Waals surface area contributed by atoms with Gasteiger partial charge in [0.05, 0.1) is 29.5 Å². The van der Waals surface area contributed by atoms with Crippen molar-refractivity contribution in [3.05, 3.63) is 30.9 Å². The van der Waals surface area contributed by atoms with Gasteiger partial charge in [0, 0.05) is 30.7 Å². The molecule has 0 radical (unpaired) electrons. The number of piperidine rings is 1. The molecular formula is C20H26FN7. The second kappa shape index (κ2) is 7.09. The zero-order chi connectivity index (χ0) is 19.8. The van der Waals surface area contributed by atoms with E-state index in [1.807, 2.05) is 16.9 Å². The van der Waals surface area contributed by atoms with E-state index < -0.39 is 5.67 Å². The van der Waals surface area contributed by atoms with Crippen LogP contribution in [0, 0.1) is 0 Å². The van der Waals surface area contributed by atoms with Crippen LogP contribution in [-0.2, 0) is 5.54 Å². The lowest BCUT2D eigenvalue weighted by molar-refractivity contribution is 0.137. The molecule has 0 aromatic carbocycles. The first-order chi connectivity index (χ1) is 13.3. The van der Waals surface area contributed by atoms with E-state index in [1.54, 1.807) is 18.6 Å². The maximum Gasteiger partial charge on any atom is 0.155 e. The normalized spacial score (nSPS) is 20.4. The molecule has 3 aromatic rings. The Labute approximate surface area is 163 Å². The fourth-order valence-electron chi connectivity index (χ4n) is 3.39. The summed E-state index contributed by atoms with van der Waals surface area (Å²) in [5.41, 5.74) is 1.57. The number of alkyl halides is 1. The van der Waals surface area contributed by atoms with Gasteiger partial charge in [-0.05, 0) is 46.2 Å². The average molecular weight is 383 g/mol. The molecule has 1 saturated heterocycles. The van der Waals surface area contributed by atoms with Crippen molar-refractivity contribution in [3.63, 3.8) is 0 Å². The number of halogens is 1. The van der Waals surface area contributed by atoms with E-state index in [1.165, 1.54) is 0 Å². The van der Waals surface area contributed by atoms with Gasteiger partial charge in [0.2, 0.25) is 0 Å². The highest BCUT2D eigenvalue weighted by molar-refractivity contribution is 5.88. The number of hydrogen-bond acceptors (Lipinski definition) is 6. The van der Waals surface area contributed by atoms with Crippen LogP contribution in [0.1, 0.15) is 33.6 Å².